The van der Waals surface area contributed by atoms with E-state index in [-0.39, 0.29) is 12.3 Å². The number of hydrogen-bond donors (Lipinski definition) is 0. The first kappa shape index (κ1) is 14.4. The van der Waals surface area contributed by atoms with Crippen molar-refractivity contribution in [1.82, 2.24) is 0 Å². The Balaban J connectivity index is 1.99. The van der Waals surface area contributed by atoms with Gasteiger partial charge in [0.25, 0.3) is 5.69 Å². The van der Waals surface area contributed by atoms with Gasteiger partial charge in [0.15, 0.2) is 5.60 Å². The number of cyclic esters (lactones) is 1. The molecule has 0 saturated carbocycles. The lowest BCUT2D eigenvalue weighted by molar-refractivity contribution is -0.384. The van der Waals surface area contributed by atoms with Crippen molar-refractivity contribution >= 4 is 11.7 Å². The van der Waals surface area contributed by atoms with Crippen LogP contribution in [0.3, 0.4) is 0 Å². The zero-order chi connectivity index (χ0) is 15.0. The van der Waals surface area contributed by atoms with Crippen LogP contribution in [-0.2, 0) is 25.6 Å². The van der Waals surface area contributed by atoms with Crippen molar-refractivity contribution in [2.75, 3.05) is 0 Å². The second-order valence-corrected chi connectivity index (χ2v) is 5.08. The van der Waals surface area contributed by atoms with Crippen LogP contribution in [0.25, 0.3) is 0 Å². The van der Waals surface area contributed by atoms with Gasteiger partial charge in [-0.2, -0.15) is 0 Å². The molecule has 20 heavy (non-hydrogen) atoms. The maximum atomic E-state index is 11.5. The van der Waals surface area contributed by atoms with Crippen LogP contribution in [0.2, 0.25) is 0 Å². The molecular weight excluding hydrogens is 266 g/mol. The lowest BCUT2D eigenvalue weighted by Crippen LogP contribution is -2.33. The fourth-order valence-electron chi connectivity index (χ4n) is 1.80. The molecule has 1 aliphatic rings. The summed E-state index contributed by atoms with van der Waals surface area (Å²) < 4.78 is 15.9. The van der Waals surface area contributed by atoms with Gasteiger partial charge in [-0.15, -0.1) is 0 Å². The number of hydrogen-bond acceptors (Lipinski definition) is 6. The maximum Gasteiger partial charge on any atom is 0.342 e. The molecule has 1 atom stereocenters. The Hall–Kier alpha value is -1.99. The van der Waals surface area contributed by atoms with E-state index < -0.39 is 22.5 Å². The number of carbonyl (C=O) groups is 1. The van der Waals surface area contributed by atoms with Crippen molar-refractivity contribution in [2.45, 2.75) is 39.0 Å². The molecule has 0 aromatic heterocycles. The van der Waals surface area contributed by atoms with Crippen LogP contribution >= 0.6 is 0 Å². The summed E-state index contributed by atoms with van der Waals surface area (Å²) in [6.45, 7) is 4.80. The summed E-state index contributed by atoms with van der Waals surface area (Å²) in [6, 6.07) is 5.91. The van der Waals surface area contributed by atoms with E-state index in [0.29, 0.717) is 5.56 Å². The number of ether oxygens (including phenoxy) is 3. The van der Waals surface area contributed by atoms with Gasteiger partial charge >= 0.3 is 11.9 Å². The molecule has 1 aromatic carbocycles. The maximum absolute atomic E-state index is 11.5. The minimum absolute atomic E-state index is 0.00430. The lowest BCUT2D eigenvalue weighted by Gasteiger charge is -2.23. The molecule has 1 saturated heterocycles. The van der Waals surface area contributed by atoms with E-state index in [1.165, 1.54) is 19.1 Å². The van der Waals surface area contributed by atoms with Crippen molar-refractivity contribution < 1.29 is 23.9 Å². The largest absolute Gasteiger partial charge is 0.406 e. The Morgan fingerprint density at radius 1 is 1.25 bits per heavy atom. The fraction of sp³-hybridized carbons (Fsp3) is 0.462. The normalized spacial score (nSPS) is 24.4. The molecule has 1 heterocycles. The summed E-state index contributed by atoms with van der Waals surface area (Å²) in [5, 5.41) is 10.5. The third-order valence-corrected chi connectivity index (χ3v) is 2.86. The Labute approximate surface area is 115 Å². The number of benzene rings is 1. The Kier molecular flexibility index (Phi) is 3.49. The van der Waals surface area contributed by atoms with Crippen LogP contribution < -0.4 is 0 Å². The Morgan fingerprint density at radius 3 is 2.30 bits per heavy atom. The molecule has 0 aliphatic carbocycles. The summed E-state index contributed by atoms with van der Waals surface area (Å²) in [6.07, 6.45) is 0. The number of non-ortho nitro benzene ring substituents is 1. The zero-order valence-electron chi connectivity index (χ0n) is 11.4. The van der Waals surface area contributed by atoms with Crippen LogP contribution in [-0.4, -0.2) is 22.5 Å². The van der Waals surface area contributed by atoms with Crippen molar-refractivity contribution in [3.63, 3.8) is 0 Å². The lowest BCUT2D eigenvalue weighted by atomic mass is 10.1. The van der Waals surface area contributed by atoms with Crippen LogP contribution in [0.4, 0.5) is 5.69 Å². The molecule has 0 bridgehead atoms. The fourth-order valence-corrected chi connectivity index (χ4v) is 1.80. The van der Waals surface area contributed by atoms with Gasteiger partial charge in [0.05, 0.1) is 11.5 Å². The first-order valence-corrected chi connectivity index (χ1v) is 6.03. The number of carbonyl (C=O) groups excluding carboxylic acids is 1. The number of nitro groups is 1. The van der Waals surface area contributed by atoms with E-state index in [0.717, 1.165) is 0 Å². The van der Waals surface area contributed by atoms with Gasteiger partial charge in [-0.05, 0) is 31.5 Å². The third-order valence-electron chi connectivity index (χ3n) is 2.86. The van der Waals surface area contributed by atoms with E-state index in [2.05, 4.69) is 0 Å². The highest BCUT2D eigenvalue weighted by atomic mass is 16.9. The van der Waals surface area contributed by atoms with Crippen molar-refractivity contribution in [1.29, 1.82) is 0 Å². The molecule has 1 fully saturated rings. The molecule has 2 rings (SSSR count). The van der Waals surface area contributed by atoms with Gasteiger partial charge in [-0.1, -0.05) is 0 Å². The second kappa shape index (κ2) is 4.84. The molecule has 0 amide bonds. The second-order valence-electron chi connectivity index (χ2n) is 5.08. The monoisotopic (exact) mass is 281 g/mol. The van der Waals surface area contributed by atoms with Gasteiger partial charge in [0.1, 0.15) is 0 Å². The molecule has 0 N–H and O–H groups in total. The summed E-state index contributed by atoms with van der Waals surface area (Å²) in [7, 11) is 0. The summed E-state index contributed by atoms with van der Waals surface area (Å²) >= 11 is 0. The van der Waals surface area contributed by atoms with E-state index in [1.807, 2.05) is 0 Å². The minimum atomic E-state index is -1.44. The van der Waals surface area contributed by atoms with E-state index in [4.69, 9.17) is 14.2 Å². The predicted octanol–water partition coefficient (Wildman–Crippen LogP) is 2.14. The molecule has 1 aliphatic heterocycles. The van der Waals surface area contributed by atoms with Crippen LogP contribution in [0.1, 0.15) is 26.3 Å². The number of nitro benzene ring substituents is 1. The highest BCUT2D eigenvalue weighted by Gasteiger charge is 2.51. The van der Waals surface area contributed by atoms with Crippen molar-refractivity contribution in [3.05, 3.63) is 39.9 Å². The summed E-state index contributed by atoms with van der Waals surface area (Å²) in [5.74, 6) is -1.94. The molecule has 7 heteroatoms. The molecular formula is C13H15NO6. The molecule has 108 valence electrons. The predicted molar refractivity (Wildman–Crippen MR) is 67.5 cm³/mol. The minimum Gasteiger partial charge on any atom is -0.406 e. The van der Waals surface area contributed by atoms with Crippen molar-refractivity contribution in [2.24, 2.45) is 0 Å². The standard InChI is InChI=1S/C13H15NO6/c1-12(2)11(15)19-13(3,20-12)18-8-9-4-6-10(7-5-9)14(16)17/h4-7H,8H2,1-3H3. The quantitative estimate of drug-likeness (QED) is 0.477. The van der Waals surface area contributed by atoms with Gasteiger partial charge in [-0.3, -0.25) is 14.9 Å². The van der Waals surface area contributed by atoms with Gasteiger partial charge < -0.3 is 9.47 Å². The highest BCUT2D eigenvalue weighted by molar-refractivity contribution is 5.80. The van der Waals surface area contributed by atoms with Crippen LogP contribution in [0, 0.1) is 10.1 Å². The smallest absolute Gasteiger partial charge is 0.342 e. The van der Waals surface area contributed by atoms with Crippen molar-refractivity contribution in [3.8, 4) is 0 Å². The topological polar surface area (TPSA) is 87.9 Å². The third kappa shape index (κ3) is 2.94. The molecule has 7 nitrogen and oxygen atoms in total. The van der Waals surface area contributed by atoms with Crippen LogP contribution in [0.5, 0.6) is 0 Å². The molecule has 0 spiro atoms. The molecule has 0 radical (unpaired) electrons. The number of rotatable bonds is 4. The van der Waals surface area contributed by atoms with Gasteiger partial charge in [0, 0.05) is 19.1 Å². The summed E-state index contributed by atoms with van der Waals surface area (Å²) in [5.41, 5.74) is -0.338. The number of nitrogens with zero attached hydrogens (tertiary/aromatic N) is 1. The van der Waals surface area contributed by atoms with Gasteiger partial charge in [-0.25, -0.2) is 4.79 Å². The van der Waals surface area contributed by atoms with E-state index in [9.17, 15) is 14.9 Å². The zero-order valence-corrected chi connectivity index (χ0v) is 11.4. The highest BCUT2D eigenvalue weighted by Crippen LogP contribution is 2.33. The molecule has 1 aromatic rings. The van der Waals surface area contributed by atoms with Gasteiger partial charge in [0.2, 0.25) is 0 Å². The SMILES string of the molecule is CC1(OCc2ccc([N+](=O)[O-])cc2)OC(=O)C(C)(C)O1. The first-order valence-electron chi connectivity index (χ1n) is 6.03. The van der Waals surface area contributed by atoms with E-state index >= 15 is 0 Å². The average Bonchev–Trinajstić information content (AvgIpc) is 2.56. The average molecular weight is 281 g/mol. The van der Waals surface area contributed by atoms with E-state index in [1.54, 1.807) is 26.0 Å². The van der Waals surface area contributed by atoms with Crippen LogP contribution in [0.15, 0.2) is 24.3 Å². The Morgan fingerprint density at radius 2 is 1.85 bits per heavy atom. The first-order chi connectivity index (χ1) is 9.22. The number of esters is 1. The Bertz CT molecular complexity index is 538. The molecule has 1 unspecified atom stereocenters. The summed E-state index contributed by atoms with van der Waals surface area (Å²) in [4.78, 5) is 21.6.